The molecule has 0 aromatic heterocycles. The number of halogens is 2. The molecule has 0 saturated heterocycles. The van der Waals surface area contributed by atoms with Gasteiger partial charge in [0.2, 0.25) is 0 Å². The molecule has 0 saturated carbocycles. The van der Waals surface area contributed by atoms with Crippen molar-refractivity contribution in [2.24, 2.45) is 0 Å². The second-order valence-corrected chi connectivity index (χ2v) is 0.339. The first-order valence-electron chi connectivity index (χ1n) is 0.732. The van der Waals surface area contributed by atoms with Crippen molar-refractivity contribution in [1.29, 1.82) is 0 Å². The summed E-state index contributed by atoms with van der Waals surface area (Å²) in [5, 5.41) is 0. The van der Waals surface area contributed by atoms with Crippen molar-refractivity contribution in [3.8, 4) is 0 Å². The van der Waals surface area contributed by atoms with Crippen molar-refractivity contribution in [2.75, 3.05) is 0 Å². The van der Waals surface area contributed by atoms with Gasteiger partial charge in [0.1, 0.15) is 0 Å². The van der Waals surface area contributed by atoms with E-state index in [-0.39, 0.29) is 22.4 Å². The number of rotatable bonds is 0. The molecule has 0 aliphatic rings. The third-order valence-electron chi connectivity index (χ3n) is 0. The summed E-state index contributed by atoms with van der Waals surface area (Å²) in [5.74, 6) is 0. The van der Waals surface area contributed by atoms with Crippen LogP contribution in [0.1, 0.15) is 0 Å². The van der Waals surface area contributed by atoms with Crippen molar-refractivity contribution >= 4 is 0 Å². The van der Waals surface area contributed by atoms with Crippen molar-refractivity contribution in [3.05, 3.63) is 12.7 Å². The Balaban J connectivity index is 0. The first-order chi connectivity index (χ1) is 1.73. The van der Waals surface area contributed by atoms with Crippen LogP contribution in [0, 0.1) is 0 Å². The fourth-order valence-electron chi connectivity index (χ4n) is 0. The Morgan fingerprint density at radius 1 is 1.40 bits per heavy atom. The van der Waals surface area contributed by atoms with Gasteiger partial charge in [-0.2, -0.15) is 8.78 Å². The van der Waals surface area contributed by atoms with Crippen molar-refractivity contribution < 1.29 is 31.2 Å². The van der Waals surface area contributed by atoms with E-state index in [2.05, 4.69) is 6.58 Å². The van der Waals surface area contributed by atoms with Crippen LogP contribution < -0.4 is 0 Å². The van der Waals surface area contributed by atoms with E-state index in [0.29, 0.717) is 0 Å². The minimum absolute atomic E-state index is 0. The molecule has 3 heteroatoms. The molecule has 1 radical (unpaired) electrons. The molecule has 35 valence electrons. The Labute approximate surface area is 44.4 Å². The molecule has 0 rings (SSSR count). The summed E-state index contributed by atoms with van der Waals surface area (Å²) in [6.07, 6.45) is -1.83. The molecule has 0 N–H and O–H groups in total. The van der Waals surface area contributed by atoms with Crippen molar-refractivity contribution in [2.45, 2.75) is 0 Å². The number of hydrogen-bond donors (Lipinski definition) is 0. The quantitative estimate of drug-likeness (QED) is 0.484. The van der Waals surface area contributed by atoms with Gasteiger partial charge in [-0.1, -0.05) is 0 Å². The molecule has 0 heterocycles. The monoisotopic (exact) mass is 171 g/mol. The first-order valence-corrected chi connectivity index (χ1v) is 0.732. The van der Waals surface area contributed by atoms with E-state index < -0.39 is 6.08 Å². The minimum atomic E-state index is -1.83. The Bertz CT molecular complexity index is 30.6. The van der Waals surface area contributed by atoms with Crippen LogP contribution in [-0.4, -0.2) is 0 Å². The second-order valence-electron chi connectivity index (χ2n) is 0.339. The third kappa shape index (κ3) is 205. The second kappa shape index (κ2) is 4.34. The standard InChI is InChI=1S/C2H2F2.Ag/c1-2(3)4;/h1H2;. The van der Waals surface area contributed by atoms with E-state index in [1.165, 1.54) is 0 Å². The molecule has 0 nitrogen and oxygen atoms in total. The molecule has 0 aliphatic carbocycles. The molecule has 0 aromatic rings. The maximum atomic E-state index is 10.1. The maximum absolute atomic E-state index is 10.1. The molecule has 0 fully saturated rings. The van der Waals surface area contributed by atoms with Gasteiger partial charge in [-0.25, -0.2) is 0 Å². The predicted octanol–water partition coefficient (Wildman–Crippen LogP) is 1.39. The van der Waals surface area contributed by atoms with Gasteiger partial charge in [0.05, 0.1) is 0 Å². The van der Waals surface area contributed by atoms with E-state index in [9.17, 15) is 8.78 Å². The zero-order chi connectivity index (χ0) is 3.58. The predicted molar refractivity (Wildman–Crippen MR) is 11.4 cm³/mol. The van der Waals surface area contributed by atoms with Crippen LogP contribution in [0.15, 0.2) is 12.7 Å². The summed E-state index contributed by atoms with van der Waals surface area (Å²) in [6.45, 7) is 2.22. The van der Waals surface area contributed by atoms with Crippen LogP contribution in [0.5, 0.6) is 0 Å². The van der Waals surface area contributed by atoms with Gasteiger partial charge in [0.25, 0.3) is 6.08 Å². The van der Waals surface area contributed by atoms with Gasteiger partial charge in [0, 0.05) is 22.4 Å². The third-order valence-corrected chi connectivity index (χ3v) is 0. The summed E-state index contributed by atoms with van der Waals surface area (Å²) in [6, 6.07) is 0. The van der Waals surface area contributed by atoms with Crippen LogP contribution in [-0.2, 0) is 22.4 Å². The fraction of sp³-hybridized carbons (Fsp3) is 0. The summed E-state index contributed by atoms with van der Waals surface area (Å²) in [5.41, 5.74) is 0. The molecule has 5 heavy (non-hydrogen) atoms. The summed E-state index contributed by atoms with van der Waals surface area (Å²) in [4.78, 5) is 0. The van der Waals surface area contributed by atoms with Gasteiger partial charge < -0.3 is 0 Å². The Kier molecular flexibility index (Phi) is 7.83. The summed E-state index contributed by atoms with van der Waals surface area (Å²) in [7, 11) is 0. The molecule has 0 unspecified atom stereocenters. The van der Waals surface area contributed by atoms with E-state index >= 15 is 0 Å². The first kappa shape index (κ1) is 9.02. The minimum Gasteiger partial charge on any atom is -0.174 e. The van der Waals surface area contributed by atoms with Gasteiger partial charge in [-0.3, -0.25) is 0 Å². The Morgan fingerprint density at radius 3 is 1.40 bits per heavy atom. The molecular formula is C2H2AgF2. The van der Waals surface area contributed by atoms with E-state index in [4.69, 9.17) is 0 Å². The van der Waals surface area contributed by atoms with Gasteiger partial charge in [-0.05, 0) is 6.58 Å². The van der Waals surface area contributed by atoms with Crippen LogP contribution in [0.4, 0.5) is 8.78 Å². The zero-order valence-electron chi connectivity index (χ0n) is 2.26. The Hall–Kier alpha value is 0.340. The van der Waals surface area contributed by atoms with Gasteiger partial charge >= 0.3 is 0 Å². The molecular weight excluding hydrogens is 170 g/mol. The molecule has 0 amide bonds. The molecule has 0 aliphatic heterocycles. The summed E-state index contributed by atoms with van der Waals surface area (Å²) < 4.78 is 20.3. The normalized spacial score (nSPS) is 5.20. The van der Waals surface area contributed by atoms with Crippen LogP contribution in [0.3, 0.4) is 0 Å². The van der Waals surface area contributed by atoms with E-state index in [0.717, 1.165) is 0 Å². The van der Waals surface area contributed by atoms with Crippen LogP contribution in [0.2, 0.25) is 0 Å². The van der Waals surface area contributed by atoms with Crippen LogP contribution >= 0.6 is 0 Å². The fourth-order valence-corrected chi connectivity index (χ4v) is 0. The molecule has 0 bridgehead atoms. The van der Waals surface area contributed by atoms with Crippen molar-refractivity contribution in [1.82, 2.24) is 0 Å². The smallest absolute Gasteiger partial charge is 0.174 e. The van der Waals surface area contributed by atoms with Crippen LogP contribution in [0.25, 0.3) is 0 Å². The van der Waals surface area contributed by atoms with Gasteiger partial charge in [0.15, 0.2) is 0 Å². The molecule has 0 atom stereocenters. The average Bonchev–Trinajstić information content (AvgIpc) is 0.811. The van der Waals surface area contributed by atoms with E-state index in [1.807, 2.05) is 0 Å². The van der Waals surface area contributed by atoms with E-state index in [1.54, 1.807) is 0 Å². The van der Waals surface area contributed by atoms with Crippen molar-refractivity contribution in [3.63, 3.8) is 0 Å². The van der Waals surface area contributed by atoms with Gasteiger partial charge in [-0.15, -0.1) is 0 Å². The molecule has 0 spiro atoms. The Morgan fingerprint density at radius 2 is 1.40 bits per heavy atom. The average molecular weight is 172 g/mol. The number of hydrogen-bond acceptors (Lipinski definition) is 0. The molecule has 0 aromatic carbocycles. The largest absolute Gasteiger partial charge is 0.263 e. The maximum Gasteiger partial charge on any atom is 0.263 e. The SMILES string of the molecule is C=C(F)F.[Ag]. The summed E-state index contributed by atoms with van der Waals surface area (Å²) >= 11 is 0. The topological polar surface area (TPSA) is 0 Å². The zero-order valence-corrected chi connectivity index (χ0v) is 3.75.